The molecule has 0 spiro atoms. The number of nitrogens with one attached hydrogen (secondary N) is 1. The fourth-order valence-electron chi connectivity index (χ4n) is 1.36. The Balaban J connectivity index is 2.72. The van der Waals surface area contributed by atoms with E-state index in [1.54, 1.807) is 0 Å². The minimum absolute atomic E-state index is 0.339. The van der Waals surface area contributed by atoms with E-state index in [9.17, 15) is 0 Å². The van der Waals surface area contributed by atoms with Gasteiger partial charge in [-0.15, -0.1) is 6.58 Å². The van der Waals surface area contributed by atoms with Crippen molar-refractivity contribution in [3.8, 4) is 0 Å². The summed E-state index contributed by atoms with van der Waals surface area (Å²) in [5.74, 6) is 0. The molecule has 1 N–H and O–H groups in total. The molecule has 1 aromatic rings. The molecule has 72 valence electrons. The first kappa shape index (κ1) is 9.99. The highest BCUT2D eigenvalue weighted by molar-refractivity contribution is 5.13. The zero-order valence-electron chi connectivity index (χ0n) is 8.54. The highest BCUT2D eigenvalue weighted by Gasteiger charge is 2.10. The van der Waals surface area contributed by atoms with Crippen molar-refractivity contribution in [3.05, 3.63) is 30.1 Å². The Morgan fingerprint density at radius 3 is 2.85 bits per heavy atom. The third-order valence-corrected chi connectivity index (χ3v) is 2.03. The summed E-state index contributed by atoms with van der Waals surface area (Å²) in [6.07, 6.45) is 4.89. The van der Waals surface area contributed by atoms with E-state index in [0.29, 0.717) is 6.04 Å². The van der Waals surface area contributed by atoms with Crippen LogP contribution < -0.4 is 5.32 Å². The van der Waals surface area contributed by atoms with Crippen molar-refractivity contribution in [1.82, 2.24) is 15.1 Å². The molecular weight excluding hydrogens is 162 g/mol. The molecule has 0 fully saturated rings. The normalized spacial score (nSPS) is 12.8. The van der Waals surface area contributed by atoms with Gasteiger partial charge in [0.2, 0.25) is 0 Å². The van der Waals surface area contributed by atoms with Crippen LogP contribution in [0, 0.1) is 0 Å². The highest BCUT2D eigenvalue weighted by atomic mass is 15.2. The third-order valence-electron chi connectivity index (χ3n) is 2.03. The summed E-state index contributed by atoms with van der Waals surface area (Å²) in [5.41, 5.74) is 2.40. The molecular formula is C10H17N3. The quantitative estimate of drug-likeness (QED) is 0.712. The topological polar surface area (TPSA) is 29.9 Å². The number of aryl methyl sites for hydroxylation is 1. The van der Waals surface area contributed by atoms with Gasteiger partial charge in [0.15, 0.2) is 0 Å². The highest BCUT2D eigenvalue weighted by Crippen LogP contribution is 2.18. The molecule has 0 radical (unpaired) electrons. The fourth-order valence-corrected chi connectivity index (χ4v) is 1.36. The summed E-state index contributed by atoms with van der Waals surface area (Å²) in [6.45, 7) is 5.95. The lowest BCUT2D eigenvalue weighted by molar-refractivity contribution is 0.589. The molecule has 1 unspecified atom stereocenters. The summed E-state index contributed by atoms with van der Waals surface area (Å²) in [6, 6.07) is 0.339. The van der Waals surface area contributed by atoms with Gasteiger partial charge in [-0.05, 0) is 20.4 Å². The Morgan fingerprint density at radius 2 is 2.46 bits per heavy atom. The zero-order chi connectivity index (χ0) is 9.84. The summed E-state index contributed by atoms with van der Waals surface area (Å²) in [5, 5.41) is 7.39. The molecule has 0 bridgehead atoms. The van der Waals surface area contributed by atoms with Gasteiger partial charge in [-0.25, -0.2) is 0 Å². The smallest absolute Gasteiger partial charge is 0.0537 e. The Morgan fingerprint density at radius 1 is 1.77 bits per heavy atom. The second kappa shape index (κ2) is 4.23. The number of hydrogen-bond acceptors (Lipinski definition) is 2. The van der Waals surface area contributed by atoms with Crippen LogP contribution in [0.5, 0.6) is 0 Å². The van der Waals surface area contributed by atoms with Crippen molar-refractivity contribution in [1.29, 1.82) is 0 Å². The Hall–Kier alpha value is -1.09. The summed E-state index contributed by atoms with van der Waals surface area (Å²) < 4.78 is 1.82. The van der Waals surface area contributed by atoms with E-state index in [1.807, 2.05) is 38.1 Å². The lowest BCUT2D eigenvalue weighted by Gasteiger charge is -2.13. The lowest BCUT2D eigenvalue weighted by atomic mass is 10.0. The minimum Gasteiger partial charge on any atom is -0.313 e. The van der Waals surface area contributed by atoms with Crippen molar-refractivity contribution >= 4 is 0 Å². The first-order valence-corrected chi connectivity index (χ1v) is 4.43. The maximum atomic E-state index is 4.14. The van der Waals surface area contributed by atoms with Gasteiger partial charge in [0.05, 0.1) is 6.20 Å². The molecule has 1 atom stereocenters. The molecule has 13 heavy (non-hydrogen) atoms. The molecule has 1 heterocycles. The van der Waals surface area contributed by atoms with Gasteiger partial charge in [0, 0.05) is 24.8 Å². The van der Waals surface area contributed by atoms with Gasteiger partial charge >= 0.3 is 0 Å². The third kappa shape index (κ3) is 2.70. The molecule has 0 saturated heterocycles. The standard InChI is InChI=1S/C10H17N3/c1-8(2)5-10(11-3)9-6-12-13(4)7-9/h6-7,10-11H,1,5H2,2-4H3. The first-order chi connectivity index (χ1) is 6.13. The van der Waals surface area contributed by atoms with E-state index in [4.69, 9.17) is 0 Å². The first-order valence-electron chi connectivity index (χ1n) is 4.43. The van der Waals surface area contributed by atoms with Gasteiger partial charge in [0.1, 0.15) is 0 Å². The lowest BCUT2D eigenvalue weighted by Crippen LogP contribution is -2.15. The van der Waals surface area contributed by atoms with Gasteiger partial charge in [-0.1, -0.05) is 5.57 Å². The van der Waals surface area contributed by atoms with Crippen LogP contribution >= 0.6 is 0 Å². The maximum Gasteiger partial charge on any atom is 0.0537 e. The molecule has 0 saturated carbocycles. The van der Waals surface area contributed by atoms with E-state index < -0.39 is 0 Å². The summed E-state index contributed by atoms with van der Waals surface area (Å²) >= 11 is 0. The second-order valence-corrected chi connectivity index (χ2v) is 3.45. The van der Waals surface area contributed by atoms with Gasteiger partial charge in [-0.2, -0.15) is 5.10 Å². The minimum atomic E-state index is 0.339. The van der Waals surface area contributed by atoms with Crippen LogP contribution in [0.1, 0.15) is 24.9 Å². The average molecular weight is 179 g/mol. The Bertz CT molecular complexity index is 288. The van der Waals surface area contributed by atoms with Crippen LogP contribution in [-0.2, 0) is 7.05 Å². The number of rotatable bonds is 4. The molecule has 0 aliphatic rings. The van der Waals surface area contributed by atoms with E-state index in [0.717, 1.165) is 6.42 Å². The van der Waals surface area contributed by atoms with Crippen LogP contribution in [0.3, 0.4) is 0 Å². The average Bonchev–Trinajstić information content (AvgIpc) is 2.47. The van der Waals surface area contributed by atoms with E-state index in [-0.39, 0.29) is 0 Å². The number of hydrogen-bond donors (Lipinski definition) is 1. The number of nitrogens with zero attached hydrogens (tertiary/aromatic N) is 2. The van der Waals surface area contributed by atoms with Crippen LogP contribution in [0.25, 0.3) is 0 Å². The molecule has 0 aromatic carbocycles. The zero-order valence-corrected chi connectivity index (χ0v) is 8.54. The predicted octanol–water partition coefficient (Wildman–Crippen LogP) is 1.65. The second-order valence-electron chi connectivity index (χ2n) is 3.45. The van der Waals surface area contributed by atoms with Crippen molar-refractivity contribution in [2.75, 3.05) is 7.05 Å². The van der Waals surface area contributed by atoms with Crippen LogP contribution in [0.4, 0.5) is 0 Å². The molecule has 0 aliphatic carbocycles. The van der Waals surface area contributed by atoms with Crippen molar-refractivity contribution < 1.29 is 0 Å². The van der Waals surface area contributed by atoms with Crippen LogP contribution in [0.2, 0.25) is 0 Å². The predicted molar refractivity (Wildman–Crippen MR) is 54.4 cm³/mol. The van der Waals surface area contributed by atoms with Crippen LogP contribution in [-0.4, -0.2) is 16.8 Å². The molecule has 1 rings (SSSR count). The van der Waals surface area contributed by atoms with Gasteiger partial charge < -0.3 is 5.32 Å². The maximum absolute atomic E-state index is 4.14. The van der Waals surface area contributed by atoms with Crippen molar-refractivity contribution in [3.63, 3.8) is 0 Å². The fraction of sp³-hybridized carbons (Fsp3) is 0.500. The summed E-state index contributed by atoms with van der Waals surface area (Å²) in [7, 11) is 3.89. The van der Waals surface area contributed by atoms with Gasteiger partial charge in [-0.3, -0.25) is 4.68 Å². The molecule has 3 nitrogen and oxygen atoms in total. The van der Waals surface area contributed by atoms with Crippen molar-refractivity contribution in [2.24, 2.45) is 7.05 Å². The molecule has 3 heteroatoms. The molecule has 1 aromatic heterocycles. The van der Waals surface area contributed by atoms with E-state index in [2.05, 4.69) is 17.0 Å². The van der Waals surface area contributed by atoms with Gasteiger partial charge in [0.25, 0.3) is 0 Å². The Kier molecular flexibility index (Phi) is 3.25. The SMILES string of the molecule is C=C(C)CC(NC)c1cnn(C)c1. The Labute approximate surface area is 79.5 Å². The van der Waals surface area contributed by atoms with E-state index >= 15 is 0 Å². The van der Waals surface area contributed by atoms with Crippen molar-refractivity contribution in [2.45, 2.75) is 19.4 Å². The molecule has 0 amide bonds. The van der Waals surface area contributed by atoms with E-state index in [1.165, 1.54) is 11.1 Å². The van der Waals surface area contributed by atoms with Crippen LogP contribution in [0.15, 0.2) is 24.5 Å². The number of aromatic nitrogens is 2. The monoisotopic (exact) mass is 179 g/mol. The summed E-state index contributed by atoms with van der Waals surface area (Å²) in [4.78, 5) is 0. The molecule has 0 aliphatic heterocycles. The largest absolute Gasteiger partial charge is 0.313 e.